The number of hydrogen-bond donors (Lipinski definition) is 0. The molecule has 2 heterocycles. The van der Waals surface area contributed by atoms with Crippen molar-refractivity contribution in [1.82, 2.24) is 0 Å². The Morgan fingerprint density at radius 2 is 2.05 bits per heavy atom. The van der Waals surface area contributed by atoms with E-state index >= 15 is 0 Å². The van der Waals surface area contributed by atoms with Crippen LogP contribution in [0.1, 0.15) is 38.1 Å². The van der Waals surface area contributed by atoms with Crippen molar-refractivity contribution >= 4 is 5.97 Å². The summed E-state index contributed by atoms with van der Waals surface area (Å²) in [4.78, 5) is 11.8. The summed E-state index contributed by atoms with van der Waals surface area (Å²) >= 11 is 0. The molecule has 1 saturated heterocycles. The Morgan fingerprint density at radius 1 is 1.40 bits per heavy atom. The fraction of sp³-hybridized carbons (Fsp3) is 0.667. The van der Waals surface area contributed by atoms with Gasteiger partial charge >= 0.3 is 5.97 Å². The molecule has 112 valence electrons. The van der Waals surface area contributed by atoms with E-state index in [9.17, 15) is 4.79 Å². The fourth-order valence-electron chi connectivity index (χ4n) is 1.93. The first-order valence-electron chi connectivity index (χ1n) is 6.73. The number of ether oxygens (including phenoxy) is 3. The molecule has 5 heteroatoms. The van der Waals surface area contributed by atoms with E-state index in [2.05, 4.69) is 13.8 Å². The van der Waals surface area contributed by atoms with Gasteiger partial charge in [-0.15, -0.1) is 0 Å². The van der Waals surface area contributed by atoms with E-state index in [4.69, 9.17) is 18.6 Å². The second-order valence-corrected chi connectivity index (χ2v) is 6.69. The molecule has 0 atom stereocenters. The van der Waals surface area contributed by atoms with Gasteiger partial charge in [-0.3, -0.25) is 0 Å². The molecule has 0 aromatic carbocycles. The molecule has 0 amide bonds. The summed E-state index contributed by atoms with van der Waals surface area (Å²) < 4.78 is 21.7. The van der Waals surface area contributed by atoms with E-state index < -0.39 is 11.4 Å². The largest absolute Gasteiger partial charge is 0.472 e. The summed E-state index contributed by atoms with van der Waals surface area (Å²) in [6.45, 7) is 9.59. The van der Waals surface area contributed by atoms with Crippen molar-refractivity contribution in [3.8, 4) is 0 Å². The molecule has 0 spiro atoms. The summed E-state index contributed by atoms with van der Waals surface area (Å²) in [6.07, 6.45) is 2.44. The maximum absolute atomic E-state index is 11.8. The van der Waals surface area contributed by atoms with Gasteiger partial charge in [-0.05, 0) is 6.07 Å². The minimum absolute atomic E-state index is 0.0278. The van der Waals surface area contributed by atoms with Crippen LogP contribution < -0.4 is 0 Å². The molecule has 0 aliphatic carbocycles. The van der Waals surface area contributed by atoms with Gasteiger partial charge in [0.1, 0.15) is 12.9 Å². The van der Waals surface area contributed by atoms with E-state index in [0.717, 1.165) is 0 Å². The summed E-state index contributed by atoms with van der Waals surface area (Å²) in [5.41, 5.74) is 0.0306. The highest BCUT2D eigenvalue weighted by molar-refractivity contribution is 5.88. The number of furan rings is 1. The van der Waals surface area contributed by atoms with Crippen LogP contribution in [0.5, 0.6) is 0 Å². The van der Waals surface area contributed by atoms with Crippen LogP contribution in [0.3, 0.4) is 0 Å². The van der Waals surface area contributed by atoms with Crippen LogP contribution >= 0.6 is 0 Å². The van der Waals surface area contributed by atoms with E-state index in [-0.39, 0.29) is 18.3 Å². The van der Waals surface area contributed by atoms with E-state index in [1.807, 2.05) is 13.8 Å². The number of carbonyl (C=O) groups excluding carboxylic acids is 1. The predicted molar refractivity (Wildman–Crippen MR) is 72.2 cm³/mol. The third kappa shape index (κ3) is 3.61. The average Bonchev–Trinajstić information content (AvgIpc) is 2.89. The van der Waals surface area contributed by atoms with Crippen molar-refractivity contribution in [3.63, 3.8) is 0 Å². The molecule has 0 radical (unpaired) electrons. The van der Waals surface area contributed by atoms with Gasteiger partial charge in [-0.1, -0.05) is 27.7 Å². The van der Waals surface area contributed by atoms with Crippen LogP contribution in [0.4, 0.5) is 0 Å². The zero-order valence-corrected chi connectivity index (χ0v) is 12.5. The Morgan fingerprint density at radius 3 is 2.60 bits per heavy atom. The first-order chi connectivity index (χ1) is 9.30. The van der Waals surface area contributed by atoms with Gasteiger partial charge in [0.05, 0.1) is 25.0 Å². The third-order valence-corrected chi connectivity index (χ3v) is 3.22. The van der Waals surface area contributed by atoms with E-state index in [1.54, 1.807) is 6.07 Å². The number of carbonyl (C=O) groups is 1. The quantitative estimate of drug-likeness (QED) is 0.795. The lowest BCUT2D eigenvalue weighted by molar-refractivity contribution is -0.267. The van der Waals surface area contributed by atoms with Gasteiger partial charge in [0, 0.05) is 10.8 Å². The second-order valence-electron chi connectivity index (χ2n) is 6.69. The lowest BCUT2D eigenvalue weighted by atomic mass is 9.90. The van der Waals surface area contributed by atoms with Gasteiger partial charge in [-0.25, -0.2) is 4.79 Å². The predicted octanol–water partition coefficient (Wildman–Crippen LogP) is 2.86. The molecule has 1 aliphatic rings. The van der Waals surface area contributed by atoms with Gasteiger partial charge in [0.15, 0.2) is 6.29 Å². The maximum Gasteiger partial charge on any atom is 0.341 e. The molecular weight excluding hydrogens is 260 g/mol. The average molecular weight is 282 g/mol. The van der Waals surface area contributed by atoms with Crippen LogP contribution in [-0.4, -0.2) is 32.1 Å². The monoisotopic (exact) mass is 282 g/mol. The molecule has 0 unspecified atom stereocenters. The van der Waals surface area contributed by atoms with Gasteiger partial charge in [0.2, 0.25) is 0 Å². The minimum atomic E-state index is -0.407. The lowest BCUT2D eigenvalue weighted by Crippen LogP contribution is -2.46. The van der Waals surface area contributed by atoms with Crippen LogP contribution in [0, 0.1) is 10.8 Å². The molecule has 1 aliphatic heterocycles. The van der Waals surface area contributed by atoms with Crippen molar-refractivity contribution in [3.05, 3.63) is 24.2 Å². The minimum Gasteiger partial charge on any atom is -0.472 e. The van der Waals surface area contributed by atoms with Gasteiger partial charge < -0.3 is 18.6 Å². The molecule has 0 N–H and O–H groups in total. The second kappa shape index (κ2) is 5.58. The summed E-state index contributed by atoms with van der Waals surface area (Å²) in [7, 11) is 0. The SMILES string of the molecule is CC1(C)COC(C(C)(C)COC(=O)c2ccoc2)OC1. The highest BCUT2D eigenvalue weighted by Crippen LogP contribution is 2.32. The van der Waals surface area contributed by atoms with Gasteiger partial charge in [0.25, 0.3) is 0 Å². The Hall–Kier alpha value is -1.33. The number of hydrogen-bond acceptors (Lipinski definition) is 5. The molecule has 1 fully saturated rings. The molecule has 1 aromatic rings. The Kier molecular flexibility index (Phi) is 4.20. The molecule has 20 heavy (non-hydrogen) atoms. The van der Waals surface area contributed by atoms with Crippen molar-refractivity contribution in [1.29, 1.82) is 0 Å². The standard InChI is InChI=1S/C15H22O5/c1-14(2)8-19-13(20-9-14)15(3,4)10-18-12(16)11-5-6-17-7-11/h5-7,13H,8-10H2,1-4H3. The zero-order valence-electron chi connectivity index (χ0n) is 12.5. The van der Waals surface area contributed by atoms with Crippen molar-refractivity contribution in [2.24, 2.45) is 10.8 Å². The highest BCUT2D eigenvalue weighted by atomic mass is 16.7. The molecule has 0 bridgehead atoms. The molecular formula is C15H22O5. The van der Waals surface area contributed by atoms with Crippen LogP contribution in [0.15, 0.2) is 23.0 Å². The zero-order chi connectivity index (χ0) is 14.8. The number of esters is 1. The van der Waals surface area contributed by atoms with Crippen molar-refractivity contribution in [2.75, 3.05) is 19.8 Å². The van der Waals surface area contributed by atoms with Crippen LogP contribution in [0.2, 0.25) is 0 Å². The van der Waals surface area contributed by atoms with Crippen LogP contribution in [0.25, 0.3) is 0 Å². The molecule has 0 saturated carbocycles. The third-order valence-electron chi connectivity index (χ3n) is 3.22. The van der Waals surface area contributed by atoms with Crippen LogP contribution in [-0.2, 0) is 14.2 Å². The topological polar surface area (TPSA) is 57.9 Å². The number of rotatable bonds is 4. The van der Waals surface area contributed by atoms with Crippen molar-refractivity contribution < 1.29 is 23.4 Å². The van der Waals surface area contributed by atoms with Gasteiger partial charge in [-0.2, -0.15) is 0 Å². The Balaban J connectivity index is 1.86. The maximum atomic E-state index is 11.8. The van der Waals surface area contributed by atoms with E-state index in [0.29, 0.717) is 18.8 Å². The Bertz CT molecular complexity index is 437. The van der Waals surface area contributed by atoms with E-state index in [1.165, 1.54) is 12.5 Å². The van der Waals surface area contributed by atoms with Crippen molar-refractivity contribution in [2.45, 2.75) is 34.0 Å². The highest BCUT2D eigenvalue weighted by Gasteiger charge is 2.39. The first-order valence-corrected chi connectivity index (χ1v) is 6.73. The Labute approximate surface area is 119 Å². The summed E-state index contributed by atoms with van der Waals surface area (Å²) in [6, 6.07) is 1.57. The first kappa shape index (κ1) is 15.1. The summed E-state index contributed by atoms with van der Waals surface area (Å²) in [5.74, 6) is -0.400. The molecule has 2 rings (SSSR count). The fourth-order valence-corrected chi connectivity index (χ4v) is 1.93. The molecule has 5 nitrogen and oxygen atoms in total. The summed E-state index contributed by atoms with van der Waals surface area (Å²) in [5, 5.41) is 0. The molecule has 1 aromatic heterocycles. The smallest absolute Gasteiger partial charge is 0.341 e. The lowest BCUT2D eigenvalue weighted by Gasteiger charge is -2.41. The normalized spacial score (nSPS) is 19.8.